The molecule has 0 amide bonds. The summed E-state index contributed by atoms with van der Waals surface area (Å²) in [5, 5.41) is 18.4. The zero-order valence-electron chi connectivity index (χ0n) is 27.7. The summed E-state index contributed by atoms with van der Waals surface area (Å²) in [5.41, 5.74) is 12.2. The van der Waals surface area contributed by atoms with Crippen molar-refractivity contribution >= 4 is 49.1 Å². The fourth-order valence-corrected chi connectivity index (χ4v) is 8.39. The second kappa shape index (κ2) is 11.2. The molecule has 1 aliphatic carbocycles. The van der Waals surface area contributed by atoms with Gasteiger partial charge in [-0.05, 0) is 76.9 Å². The predicted molar refractivity (Wildman–Crippen MR) is 208 cm³/mol. The Bertz CT molecular complexity index is 2800. The van der Waals surface area contributed by atoms with Crippen LogP contribution in [0.5, 0.6) is 0 Å². The Morgan fingerprint density at radius 2 is 1.16 bits per heavy atom. The second-order valence-electron chi connectivity index (χ2n) is 13.5. The van der Waals surface area contributed by atoms with Crippen LogP contribution >= 0.6 is 0 Å². The van der Waals surface area contributed by atoms with Crippen LogP contribution in [0.4, 0.5) is 0 Å². The monoisotopic (exact) mass is 642 g/mol. The molecule has 0 saturated heterocycles. The maximum absolute atomic E-state index is 12.5. The van der Waals surface area contributed by atoms with Gasteiger partial charge in [-0.15, -0.1) is 0 Å². The van der Waals surface area contributed by atoms with E-state index in [2.05, 4.69) is 186 Å². The van der Waals surface area contributed by atoms with Gasteiger partial charge >= 0.3 is 0 Å². The van der Waals surface area contributed by atoms with Crippen molar-refractivity contribution in [3.63, 3.8) is 0 Å². The first kappa shape index (κ1) is 28.8. The van der Waals surface area contributed by atoms with Gasteiger partial charge < -0.3 is 14.2 Å². The van der Waals surface area contributed by atoms with Gasteiger partial charge in [0.15, 0.2) is 0 Å². The number of benzene rings is 7. The van der Waals surface area contributed by atoms with E-state index in [1.54, 1.807) is 0 Å². The molecule has 0 aliphatic heterocycles. The maximum atomic E-state index is 12.5. The zero-order chi connectivity index (χ0) is 33.3. The molecule has 10 rings (SSSR count). The van der Waals surface area contributed by atoms with Crippen LogP contribution in [0.3, 0.4) is 0 Å². The van der Waals surface area contributed by atoms with Crippen LogP contribution in [0.25, 0.3) is 60.4 Å². The van der Waals surface area contributed by atoms with E-state index >= 15 is 0 Å². The number of nitrogens with zero attached hydrogens (tertiary/aromatic N) is 2. The molecule has 1 aliphatic rings. The average molecular weight is 643 g/mol. The number of rotatable bonds is 4. The van der Waals surface area contributed by atoms with Crippen LogP contribution in [-0.4, -0.2) is 14.2 Å². The van der Waals surface area contributed by atoms with Gasteiger partial charge in [-0.2, -0.15) is 0 Å². The van der Waals surface area contributed by atoms with E-state index in [-0.39, 0.29) is 5.92 Å². The van der Waals surface area contributed by atoms with E-state index in [4.69, 9.17) is 0 Å². The van der Waals surface area contributed by atoms with Gasteiger partial charge in [0.25, 0.3) is 0 Å². The number of para-hydroxylation sites is 3. The van der Waals surface area contributed by atoms with Crippen molar-refractivity contribution < 1.29 is 5.11 Å². The van der Waals surface area contributed by atoms with Crippen LogP contribution in [0, 0.1) is 6.92 Å². The summed E-state index contributed by atoms with van der Waals surface area (Å²) in [4.78, 5) is 0. The fourth-order valence-electron chi connectivity index (χ4n) is 8.39. The van der Waals surface area contributed by atoms with Crippen LogP contribution in [0.2, 0.25) is 0 Å². The lowest BCUT2D eigenvalue weighted by atomic mass is 9.78. The normalized spacial score (nSPS) is 15.9. The Morgan fingerprint density at radius 1 is 0.500 bits per heavy atom. The summed E-state index contributed by atoms with van der Waals surface area (Å²) in [7, 11) is 0. The van der Waals surface area contributed by atoms with E-state index in [9.17, 15) is 5.11 Å². The first-order valence-corrected chi connectivity index (χ1v) is 17.3. The lowest BCUT2D eigenvalue weighted by Gasteiger charge is -2.30. The van der Waals surface area contributed by atoms with Crippen LogP contribution in [-0.2, 0) is 0 Å². The molecule has 3 heteroatoms. The second-order valence-corrected chi connectivity index (χ2v) is 13.5. The number of fused-ring (bicyclic) bond motifs is 7. The highest BCUT2D eigenvalue weighted by molar-refractivity contribution is 6.10. The van der Waals surface area contributed by atoms with Gasteiger partial charge in [-0.25, -0.2) is 0 Å². The molecule has 2 atom stereocenters. The molecule has 2 aromatic heterocycles. The van der Waals surface area contributed by atoms with Gasteiger partial charge in [-0.3, -0.25) is 0 Å². The third-order valence-electron chi connectivity index (χ3n) is 10.7. The molecule has 7 aromatic carbocycles. The molecule has 1 N–H and O–H groups in total. The predicted octanol–water partition coefficient (Wildman–Crippen LogP) is 11.5. The van der Waals surface area contributed by atoms with Crippen LogP contribution < -0.4 is 0 Å². The van der Waals surface area contributed by atoms with E-state index in [1.807, 2.05) is 0 Å². The van der Waals surface area contributed by atoms with Gasteiger partial charge in [0, 0.05) is 44.6 Å². The average Bonchev–Trinajstić information content (AvgIpc) is 3.69. The summed E-state index contributed by atoms with van der Waals surface area (Å²) in [5.74, 6) is -0.217. The summed E-state index contributed by atoms with van der Waals surface area (Å²) < 4.78 is 4.75. The Kier molecular flexibility index (Phi) is 6.45. The quantitative estimate of drug-likeness (QED) is 0.203. The van der Waals surface area contributed by atoms with E-state index in [0.29, 0.717) is 0 Å². The first-order chi connectivity index (χ1) is 24.7. The summed E-state index contributed by atoms with van der Waals surface area (Å²) >= 11 is 0. The van der Waals surface area contributed by atoms with Gasteiger partial charge in [0.1, 0.15) is 0 Å². The minimum Gasteiger partial charge on any atom is -0.387 e. The molecule has 0 spiro atoms. The minimum absolute atomic E-state index is 0.217. The Balaban J connectivity index is 1.30. The third-order valence-corrected chi connectivity index (χ3v) is 10.7. The number of aliphatic hydroxyl groups excluding tert-OH is 1. The standard InChI is InChI=1S/C47H34N2O/c1-30-13-5-8-18-36(30)41-29-40(33-24-26-38-37-19-9-11-21-42(37)48(44(38)28-33)34-16-3-2-4-17-34)46-45(47(41)50)39-20-10-12-22-43(39)49(46)35-25-23-31-14-6-7-15-32(31)27-35/h2-29,41,47,50H,1H3. The van der Waals surface area contributed by atoms with Crippen molar-refractivity contribution in [2.24, 2.45) is 0 Å². The Morgan fingerprint density at radius 3 is 1.98 bits per heavy atom. The smallest absolute Gasteiger partial charge is 0.0920 e. The topological polar surface area (TPSA) is 30.1 Å². The molecule has 9 aromatic rings. The van der Waals surface area contributed by atoms with Gasteiger partial charge in [0.05, 0.1) is 28.3 Å². The molecule has 2 unspecified atom stereocenters. The van der Waals surface area contributed by atoms with E-state index in [0.717, 1.165) is 55.8 Å². The highest BCUT2D eigenvalue weighted by Crippen LogP contribution is 2.50. The van der Waals surface area contributed by atoms with Gasteiger partial charge in [0.2, 0.25) is 0 Å². The molecular weight excluding hydrogens is 609 g/mol. The zero-order valence-corrected chi connectivity index (χ0v) is 27.7. The SMILES string of the molecule is Cc1ccccc1C1C=C(c2ccc3c4ccccc4n(-c4ccccc4)c3c2)c2c(c3ccccc3n2-c2ccc3ccccc3c2)C1O. The van der Waals surface area contributed by atoms with Crippen molar-refractivity contribution in [2.45, 2.75) is 18.9 Å². The third kappa shape index (κ3) is 4.27. The molecule has 0 radical (unpaired) electrons. The van der Waals surface area contributed by atoms with Gasteiger partial charge in [-0.1, -0.05) is 127 Å². The number of hydrogen-bond acceptors (Lipinski definition) is 1. The summed E-state index contributed by atoms with van der Waals surface area (Å²) in [6.45, 7) is 2.15. The molecule has 2 heterocycles. The molecular formula is C47H34N2O. The van der Waals surface area contributed by atoms with Crippen LogP contribution in [0.1, 0.15) is 40.0 Å². The van der Waals surface area contributed by atoms with Crippen LogP contribution in [0.15, 0.2) is 170 Å². The highest BCUT2D eigenvalue weighted by Gasteiger charge is 2.36. The summed E-state index contributed by atoms with van der Waals surface area (Å²) in [6.07, 6.45) is 1.60. The van der Waals surface area contributed by atoms with Crippen molar-refractivity contribution in [2.75, 3.05) is 0 Å². The Hall–Kier alpha value is -6.16. The molecule has 0 bridgehead atoms. The minimum atomic E-state index is -0.721. The number of aryl methyl sites for hydroxylation is 1. The Labute approximate surface area is 290 Å². The van der Waals surface area contributed by atoms with Crippen molar-refractivity contribution in [1.29, 1.82) is 0 Å². The van der Waals surface area contributed by atoms with E-state index < -0.39 is 6.10 Å². The fraction of sp³-hybridized carbons (Fsp3) is 0.0638. The van der Waals surface area contributed by atoms with Crippen molar-refractivity contribution in [1.82, 2.24) is 9.13 Å². The number of aromatic nitrogens is 2. The largest absolute Gasteiger partial charge is 0.387 e. The highest BCUT2D eigenvalue weighted by atomic mass is 16.3. The maximum Gasteiger partial charge on any atom is 0.0920 e. The molecule has 3 nitrogen and oxygen atoms in total. The molecule has 238 valence electrons. The first-order valence-electron chi connectivity index (χ1n) is 17.3. The molecule has 0 saturated carbocycles. The number of hydrogen-bond donors (Lipinski definition) is 1. The lowest BCUT2D eigenvalue weighted by Crippen LogP contribution is -2.18. The lowest BCUT2D eigenvalue weighted by molar-refractivity contribution is 0.161. The summed E-state index contributed by atoms with van der Waals surface area (Å²) in [6, 6.07) is 58.4. The molecule has 0 fully saturated rings. The van der Waals surface area contributed by atoms with Crippen molar-refractivity contribution in [3.05, 3.63) is 198 Å². The molecule has 50 heavy (non-hydrogen) atoms. The van der Waals surface area contributed by atoms with E-state index in [1.165, 1.54) is 32.6 Å². The van der Waals surface area contributed by atoms with Crippen molar-refractivity contribution in [3.8, 4) is 11.4 Å². The number of aliphatic hydroxyl groups is 1.